The van der Waals surface area contributed by atoms with Crippen molar-refractivity contribution in [2.24, 2.45) is 0 Å². The molecule has 0 fully saturated rings. The first-order valence-electron chi connectivity index (χ1n) is 7.50. The number of nitrogens with zero attached hydrogens (tertiary/aromatic N) is 1. The quantitative estimate of drug-likeness (QED) is 0.740. The third-order valence-corrected chi connectivity index (χ3v) is 3.61. The lowest BCUT2D eigenvalue weighted by Crippen LogP contribution is -2.23. The fraction of sp³-hybridized carbons (Fsp3) is 0.389. The van der Waals surface area contributed by atoms with E-state index in [1.807, 2.05) is 6.07 Å². The van der Waals surface area contributed by atoms with Crippen LogP contribution in [0.2, 0.25) is 0 Å². The molecule has 2 nitrogen and oxygen atoms in total. The number of aromatic nitrogens is 1. The molecule has 1 aromatic heterocycles. The number of fused-ring (bicyclic) bond motifs is 1. The minimum Gasteiger partial charge on any atom is -0.308 e. The Bertz CT molecular complexity index is 574. The van der Waals surface area contributed by atoms with Crippen LogP contribution in [0, 0.1) is 0 Å². The Kier molecular flexibility index (Phi) is 5.31. The van der Waals surface area contributed by atoms with Gasteiger partial charge in [0, 0.05) is 5.39 Å². The predicted molar refractivity (Wildman–Crippen MR) is 86.8 cm³/mol. The molecule has 1 unspecified atom stereocenters. The molecule has 2 aromatic rings. The summed E-state index contributed by atoms with van der Waals surface area (Å²) in [5.74, 6) is 0. The van der Waals surface area contributed by atoms with E-state index >= 15 is 0 Å². The standard InChI is InChI=1S/C18H24N2/c1-4-12-19-18(13-14(3)5-2)17-11-10-15-8-6-7-9-16(15)20-17/h6-11,18-19H,3-5,12-13H2,1-2H3. The Morgan fingerprint density at radius 2 is 2.00 bits per heavy atom. The van der Waals surface area contributed by atoms with Crippen LogP contribution in [0.3, 0.4) is 0 Å². The van der Waals surface area contributed by atoms with E-state index in [4.69, 9.17) is 4.98 Å². The van der Waals surface area contributed by atoms with Gasteiger partial charge in [-0.05, 0) is 37.9 Å². The summed E-state index contributed by atoms with van der Waals surface area (Å²) in [5.41, 5.74) is 3.45. The molecular formula is C18H24N2. The summed E-state index contributed by atoms with van der Waals surface area (Å²) < 4.78 is 0. The molecule has 0 saturated heterocycles. The molecule has 0 aliphatic rings. The smallest absolute Gasteiger partial charge is 0.0706 e. The SMILES string of the molecule is C=C(CC)CC(NCCC)c1ccc2ccccc2n1. The van der Waals surface area contributed by atoms with E-state index in [1.165, 1.54) is 11.0 Å². The highest BCUT2D eigenvalue weighted by Gasteiger charge is 2.13. The van der Waals surface area contributed by atoms with Crippen LogP contribution < -0.4 is 5.32 Å². The van der Waals surface area contributed by atoms with E-state index in [1.54, 1.807) is 0 Å². The summed E-state index contributed by atoms with van der Waals surface area (Å²) in [6.45, 7) is 9.50. The number of nitrogens with one attached hydrogen (secondary N) is 1. The van der Waals surface area contributed by atoms with Gasteiger partial charge >= 0.3 is 0 Å². The van der Waals surface area contributed by atoms with Gasteiger partial charge < -0.3 is 5.32 Å². The van der Waals surface area contributed by atoms with Crippen molar-refractivity contribution in [3.05, 3.63) is 54.2 Å². The zero-order chi connectivity index (χ0) is 14.4. The third kappa shape index (κ3) is 3.67. The minimum atomic E-state index is 0.270. The largest absolute Gasteiger partial charge is 0.308 e. The van der Waals surface area contributed by atoms with Crippen molar-refractivity contribution in [1.29, 1.82) is 0 Å². The van der Waals surface area contributed by atoms with Crippen LogP contribution in [0.4, 0.5) is 0 Å². The molecule has 0 amide bonds. The minimum absolute atomic E-state index is 0.270. The van der Waals surface area contributed by atoms with Crippen molar-refractivity contribution in [3.8, 4) is 0 Å². The Balaban J connectivity index is 2.26. The second-order valence-corrected chi connectivity index (χ2v) is 5.24. The fourth-order valence-electron chi connectivity index (χ4n) is 2.31. The Morgan fingerprint density at radius 3 is 2.75 bits per heavy atom. The first-order valence-corrected chi connectivity index (χ1v) is 7.50. The van der Waals surface area contributed by atoms with E-state index in [0.29, 0.717) is 0 Å². The summed E-state index contributed by atoms with van der Waals surface area (Å²) in [7, 11) is 0. The molecule has 1 aromatic carbocycles. The van der Waals surface area contributed by atoms with Crippen LogP contribution in [0.1, 0.15) is 44.8 Å². The maximum absolute atomic E-state index is 4.81. The van der Waals surface area contributed by atoms with Gasteiger partial charge in [0.05, 0.1) is 17.3 Å². The monoisotopic (exact) mass is 268 g/mol. The summed E-state index contributed by atoms with van der Waals surface area (Å²) in [5, 5.41) is 4.79. The van der Waals surface area contributed by atoms with Gasteiger partial charge in [0.2, 0.25) is 0 Å². The zero-order valence-corrected chi connectivity index (χ0v) is 12.5. The van der Waals surface area contributed by atoms with Crippen molar-refractivity contribution in [1.82, 2.24) is 10.3 Å². The van der Waals surface area contributed by atoms with Gasteiger partial charge in [0.25, 0.3) is 0 Å². The van der Waals surface area contributed by atoms with Crippen LogP contribution in [0.15, 0.2) is 48.6 Å². The number of rotatable bonds is 7. The molecule has 0 aliphatic carbocycles. The van der Waals surface area contributed by atoms with Gasteiger partial charge in [-0.3, -0.25) is 4.98 Å². The molecule has 1 atom stereocenters. The maximum Gasteiger partial charge on any atom is 0.0706 e. The molecule has 0 bridgehead atoms. The first kappa shape index (κ1) is 14.7. The summed E-state index contributed by atoms with van der Waals surface area (Å²) in [6.07, 6.45) is 3.11. The van der Waals surface area contributed by atoms with Crippen LogP contribution in [0.5, 0.6) is 0 Å². The first-order chi connectivity index (χ1) is 9.74. The molecule has 0 spiro atoms. The lowest BCUT2D eigenvalue weighted by atomic mass is 10.0. The highest BCUT2D eigenvalue weighted by Crippen LogP contribution is 2.22. The third-order valence-electron chi connectivity index (χ3n) is 3.61. The van der Waals surface area contributed by atoms with Gasteiger partial charge in [0.15, 0.2) is 0 Å². The molecule has 0 radical (unpaired) electrons. The van der Waals surface area contributed by atoms with Crippen LogP contribution in [0.25, 0.3) is 10.9 Å². The van der Waals surface area contributed by atoms with Crippen molar-refractivity contribution in [3.63, 3.8) is 0 Å². The molecule has 2 rings (SSSR count). The van der Waals surface area contributed by atoms with Crippen molar-refractivity contribution in [2.75, 3.05) is 6.54 Å². The van der Waals surface area contributed by atoms with Crippen molar-refractivity contribution in [2.45, 2.75) is 39.2 Å². The molecule has 2 heteroatoms. The van der Waals surface area contributed by atoms with E-state index in [-0.39, 0.29) is 6.04 Å². The second-order valence-electron chi connectivity index (χ2n) is 5.24. The number of pyridine rings is 1. The van der Waals surface area contributed by atoms with Crippen molar-refractivity contribution >= 4 is 10.9 Å². The summed E-state index contributed by atoms with van der Waals surface area (Å²) in [4.78, 5) is 4.81. The second kappa shape index (κ2) is 7.20. The number of hydrogen-bond acceptors (Lipinski definition) is 2. The molecule has 20 heavy (non-hydrogen) atoms. The molecule has 0 saturated carbocycles. The van der Waals surface area contributed by atoms with E-state index in [0.717, 1.165) is 37.0 Å². The Labute approximate surface area is 121 Å². The average Bonchev–Trinajstić information content (AvgIpc) is 2.50. The fourth-order valence-corrected chi connectivity index (χ4v) is 2.31. The average molecular weight is 268 g/mol. The molecule has 0 aliphatic heterocycles. The molecule has 1 N–H and O–H groups in total. The Hall–Kier alpha value is -1.67. The van der Waals surface area contributed by atoms with Gasteiger partial charge in [-0.25, -0.2) is 0 Å². The highest BCUT2D eigenvalue weighted by atomic mass is 14.9. The normalized spacial score (nSPS) is 12.5. The zero-order valence-electron chi connectivity index (χ0n) is 12.5. The Morgan fingerprint density at radius 1 is 1.20 bits per heavy atom. The van der Waals surface area contributed by atoms with Crippen LogP contribution in [-0.4, -0.2) is 11.5 Å². The van der Waals surface area contributed by atoms with Crippen molar-refractivity contribution < 1.29 is 0 Å². The number of hydrogen-bond donors (Lipinski definition) is 1. The lowest BCUT2D eigenvalue weighted by Gasteiger charge is -2.19. The maximum atomic E-state index is 4.81. The number of para-hydroxylation sites is 1. The van der Waals surface area contributed by atoms with Gasteiger partial charge in [-0.15, -0.1) is 0 Å². The van der Waals surface area contributed by atoms with Crippen LogP contribution in [-0.2, 0) is 0 Å². The lowest BCUT2D eigenvalue weighted by molar-refractivity contribution is 0.514. The van der Waals surface area contributed by atoms with E-state index in [2.05, 4.69) is 56.1 Å². The molecule has 1 heterocycles. The van der Waals surface area contributed by atoms with Gasteiger partial charge in [-0.1, -0.05) is 50.3 Å². The highest BCUT2D eigenvalue weighted by molar-refractivity contribution is 5.78. The van der Waals surface area contributed by atoms with Crippen LogP contribution >= 0.6 is 0 Å². The van der Waals surface area contributed by atoms with E-state index < -0.39 is 0 Å². The summed E-state index contributed by atoms with van der Waals surface area (Å²) >= 11 is 0. The van der Waals surface area contributed by atoms with E-state index in [9.17, 15) is 0 Å². The topological polar surface area (TPSA) is 24.9 Å². The predicted octanol–water partition coefficient (Wildman–Crippen LogP) is 4.63. The number of benzene rings is 1. The molecule has 106 valence electrons. The summed E-state index contributed by atoms with van der Waals surface area (Å²) in [6, 6.07) is 12.8. The van der Waals surface area contributed by atoms with Gasteiger partial charge in [0.1, 0.15) is 0 Å². The molecular weight excluding hydrogens is 244 g/mol. The van der Waals surface area contributed by atoms with Gasteiger partial charge in [-0.2, -0.15) is 0 Å².